The number of rotatable bonds is 7. The summed E-state index contributed by atoms with van der Waals surface area (Å²) in [5, 5.41) is 5.58. The number of hydrogen-bond acceptors (Lipinski definition) is 6. The van der Waals surface area contributed by atoms with Gasteiger partial charge in [-0.3, -0.25) is 19.5 Å². The fourth-order valence-corrected chi connectivity index (χ4v) is 2.62. The zero-order chi connectivity index (χ0) is 18.2. The highest BCUT2D eigenvalue weighted by Crippen LogP contribution is 2.04. The molecule has 0 atom stereocenters. The van der Waals surface area contributed by atoms with E-state index in [0.29, 0.717) is 17.9 Å². The van der Waals surface area contributed by atoms with Gasteiger partial charge in [0.25, 0.3) is 11.8 Å². The number of furan rings is 1. The largest absolute Gasteiger partial charge is 0.467 e. The average Bonchev–Trinajstić information content (AvgIpc) is 3.20. The van der Waals surface area contributed by atoms with Gasteiger partial charge in [0, 0.05) is 37.9 Å². The van der Waals surface area contributed by atoms with Gasteiger partial charge >= 0.3 is 0 Å². The van der Waals surface area contributed by atoms with Crippen molar-refractivity contribution in [3.63, 3.8) is 0 Å². The summed E-state index contributed by atoms with van der Waals surface area (Å²) >= 11 is 0. The van der Waals surface area contributed by atoms with Gasteiger partial charge in [-0.05, 0) is 24.3 Å². The molecule has 8 nitrogen and oxygen atoms in total. The minimum Gasteiger partial charge on any atom is -0.467 e. The molecule has 0 aliphatic carbocycles. The molecule has 1 saturated heterocycles. The number of carbonyl (C=O) groups excluding carboxylic acids is 2. The van der Waals surface area contributed by atoms with Crippen molar-refractivity contribution in [1.29, 1.82) is 0 Å². The summed E-state index contributed by atoms with van der Waals surface area (Å²) in [6.45, 7) is 4.78. The molecule has 138 valence electrons. The second-order valence-corrected chi connectivity index (χ2v) is 5.90. The van der Waals surface area contributed by atoms with Crippen molar-refractivity contribution < 1.29 is 18.7 Å². The molecule has 3 rings (SSSR count). The molecule has 2 amide bonds. The summed E-state index contributed by atoms with van der Waals surface area (Å²) in [6.07, 6.45) is 3.01. The van der Waals surface area contributed by atoms with Crippen molar-refractivity contribution in [2.75, 3.05) is 39.4 Å². The highest BCUT2D eigenvalue weighted by Gasteiger charge is 2.13. The maximum absolute atomic E-state index is 12.2. The Labute approximate surface area is 151 Å². The van der Waals surface area contributed by atoms with Crippen molar-refractivity contribution >= 4 is 11.8 Å². The Morgan fingerprint density at radius 1 is 1.15 bits per heavy atom. The smallest absolute Gasteiger partial charge is 0.269 e. The molecule has 0 bridgehead atoms. The van der Waals surface area contributed by atoms with Crippen LogP contribution in [-0.2, 0) is 11.3 Å². The number of nitrogens with zero attached hydrogens (tertiary/aromatic N) is 2. The molecule has 0 unspecified atom stereocenters. The maximum atomic E-state index is 12.2. The standard InChI is InChI=1S/C18H22N4O4/c23-17(21-13-15-2-1-9-26-15)14-3-4-19-16(12-14)18(24)20-5-6-22-7-10-25-11-8-22/h1-4,9,12H,5-8,10-11,13H2,(H,20,24)(H,21,23). The lowest BCUT2D eigenvalue weighted by Crippen LogP contribution is -2.41. The fraction of sp³-hybridized carbons (Fsp3) is 0.389. The molecule has 26 heavy (non-hydrogen) atoms. The van der Waals surface area contributed by atoms with Crippen molar-refractivity contribution in [1.82, 2.24) is 20.5 Å². The topological polar surface area (TPSA) is 96.7 Å². The monoisotopic (exact) mass is 358 g/mol. The summed E-state index contributed by atoms with van der Waals surface area (Å²) in [5.41, 5.74) is 0.600. The van der Waals surface area contributed by atoms with E-state index < -0.39 is 0 Å². The molecular weight excluding hydrogens is 336 g/mol. The van der Waals surface area contributed by atoms with E-state index in [-0.39, 0.29) is 24.1 Å². The van der Waals surface area contributed by atoms with Crippen LogP contribution in [0.2, 0.25) is 0 Å². The van der Waals surface area contributed by atoms with Crippen LogP contribution in [0.5, 0.6) is 0 Å². The van der Waals surface area contributed by atoms with E-state index in [1.165, 1.54) is 12.3 Å². The van der Waals surface area contributed by atoms with Crippen LogP contribution in [0.15, 0.2) is 41.1 Å². The lowest BCUT2D eigenvalue weighted by molar-refractivity contribution is 0.0383. The number of morpholine rings is 1. The van der Waals surface area contributed by atoms with Gasteiger partial charge in [-0.25, -0.2) is 0 Å². The van der Waals surface area contributed by atoms with Gasteiger partial charge in [0.1, 0.15) is 11.5 Å². The Balaban J connectivity index is 1.49. The van der Waals surface area contributed by atoms with Crippen LogP contribution < -0.4 is 10.6 Å². The minimum atomic E-state index is -0.293. The van der Waals surface area contributed by atoms with E-state index in [9.17, 15) is 9.59 Å². The van der Waals surface area contributed by atoms with Gasteiger partial charge in [0.2, 0.25) is 0 Å². The van der Waals surface area contributed by atoms with Gasteiger partial charge in [-0.1, -0.05) is 0 Å². The summed E-state index contributed by atoms with van der Waals surface area (Å²) in [7, 11) is 0. The zero-order valence-electron chi connectivity index (χ0n) is 14.4. The lowest BCUT2D eigenvalue weighted by Gasteiger charge is -2.26. The van der Waals surface area contributed by atoms with E-state index in [2.05, 4.69) is 20.5 Å². The molecule has 0 aromatic carbocycles. The van der Waals surface area contributed by atoms with Crippen LogP contribution in [0.1, 0.15) is 26.6 Å². The number of pyridine rings is 1. The zero-order valence-corrected chi connectivity index (χ0v) is 14.4. The first kappa shape index (κ1) is 18.1. The van der Waals surface area contributed by atoms with E-state index in [0.717, 1.165) is 32.8 Å². The molecule has 2 N–H and O–H groups in total. The van der Waals surface area contributed by atoms with Crippen molar-refractivity contribution in [3.05, 3.63) is 53.7 Å². The first-order valence-electron chi connectivity index (χ1n) is 8.57. The number of ether oxygens (including phenoxy) is 1. The molecule has 2 aromatic rings. The molecule has 1 aliphatic heterocycles. The minimum absolute atomic E-state index is 0.220. The molecule has 0 spiro atoms. The molecule has 1 aliphatic rings. The van der Waals surface area contributed by atoms with Gasteiger partial charge in [0.15, 0.2) is 0 Å². The quantitative estimate of drug-likeness (QED) is 0.755. The Kier molecular flexibility index (Phi) is 6.34. The van der Waals surface area contributed by atoms with E-state index in [1.807, 2.05) is 0 Å². The maximum Gasteiger partial charge on any atom is 0.269 e. The van der Waals surface area contributed by atoms with Gasteiger partial charge in [-0.15, -0.1) is 0 Å². The molecular formula is C18H22N4O4. The summed E-state index contributed by atoms with van der Waals surface area (Å²) in [4.78, 5) is 30.7. The van der Waals surface area contributed by atoms with Crippen LogP contribution >= 0.6 is 0 Å². The molecule has 1 fully saturated rings. The number of nitrogens with one attached hydrogen (secondary N) is 2. The van der Waals surface area contributed by atoms with E-state index >= 15 is 0 Å². The molecule has 0 saturated carbocycles. The van der Waals surface area contributed by atoms with Crippen LogP contribution in [0.3, 0.4) is 0 Å². The van der Waals surface area contributed by atoms with E-state index in [1.54, 1.807) is 24.5 Å². The third-order valence-corrected chi connectivity index (χ3v) is 4.08. The second kappa shape index (κ2) is 9.12. The van der Waals surface area contributed by atoms with Crippen molar-refractivity contribution in [3.8, 4) is 0 Å². The normalized spacial score (nSPS) is 14.8. The van der Waals surface area contributed by atoms with Crippen LogP contribution in [-0.4, -0.2) is 61.1 Å². The molecule has 3 heterocycles. The van der Waals surface area contributed by atoms with Crippen molar-refractivity contribution in [2.24, 2.45) is 0 Å². The fourth-order valence-electron chi connectivity index (χ4n) is 2.62. The molecule has 8 heteroatoms. The first-order chi connectivity index (χ1) is 12.7. The lowest BCUT2D eigenvalue weighted by atomic mass is 10.2. The highest BCUT2D eigenvalue weighted by molar-refractivity contribution is 5.98. The highest BCUT2D eigenvalue weighted by atomic mass is 16.5. The summed E-state index contributed by atoms with van der Waals surface area (Å²) in [6, 6.07) is 6.59. The first-order valence-corrected chi connectivity index (χ1v) is 8.57. The van der Waals surface area contributed by atoms with Crippen LogP contribution in [0.25, 0.3) is 0 Å². The summed E-state index contributed by atoms with van der Waals surface area (Å²) in [5.74, 6) is 0.0820. The second-order valence-electron chi connectivity index (χ2n) is 5.90. The number of hydrogen-bond donors (Lipinski definition) is 2. The Bertz CT molecular complexity index is 727. The summed E-state index contributed by atoms with van der Waals surface area (Å²) < 4.78 is 10.5. The average molecular weight is 358 g/mol. The molecule has 2 aromatic heterocycles. The van der Waals surface area contributed by atoms with Gasteiger partial charge in [-0.2, -0.15) is 0 Å². The number of amides is 2. The Morgan fingerprint density at radius 3 is 2.77 bits per heavy atom. The number of aromatic nitrogens is 1. The third kappa shape index (κ3) is 5.14. The van der Waals surface area contributed by atoms with Crippen molar-refractivity contribution in [2.45, 2.75) is 6.54 Å². The SMILES string of the molecule is O=C(NCc1ccco1)c1ccnc(C(=O)NCCN2CCOCC2)c1. The Morgan fingerprint density at radius 2 is 2.00 bits per heavy atom. The van der Waals surface area contributed by atoms with Crippen LogP contribution in [0.4, 0.5) is 0 Å². The van der Waals surface area contributed by atoms with Gasteiger partial charge < -0.3 is 19.8 Å². The van der Waals surface area contributed by atoms with E-state index in [4.69, 9.17) is 9.15 Å². The predicted octanol–water partition coefficient (Wildman–Crippen LogP) is 0.667. The Hall–Kier alpha value is -2.71. The molecule has 0 radical (unpaired) electrons. The number of carbonyl (C=O) groups is 2. The predicted molar refractivity (Wildman–Crippen MR) is 93.7 cm³/mol. The van der Waals surface area contributed by atoms with Gasteiger partial charge in [0.05, 0.1) is 26.0 Å². The third-order valence-electron chi connectivity index (χ3n) is 4.08. The van der Waals surface area contributed by atoms with Crippen LogP contribution in [0, 0.1) is 0 Å².